The van der Waals surface area contributed by atoms with Crippen LogP contribution in [0.2, 0.25) is 0 Å². The molecule has 0 bridgehead atoms. The molecular weight excluding hydrogens is 290 g/mol. The third-order valence-corrected chi connectivity index (χ3v) is 2.90. The Morgan fingerprint density at radius 1 is 1.04 bits per heavy atom. The van der Waals surface area contributed by atoms with Crippen molar-refractivity contribution in [1.82, 2.24) is 4.98 Å². The van der Waals surface area contributed by atoms with E-state index in [1.54, 1.807) is 12.3 Å². The fourth-order valence-electron chi connectivity index (χ4n) is 2.16. The number of hydrogen-bond donors (Lipinski definition) is 2. The number of pyridine rings is 1. The summed E-state index contributed by atoms with van der Waals surface area (Å²) in [7, 11) is 0. The maximum absolute atomic E-state index is 11.7. The number of rotatable bonds is 3. The van der Waals surface area contributed by atoms with Crippen LogP contribution in [0.25, 0.3) is 0 Å². The fraction of sp³-hybridized carbons (Fsp3) is 0.333. The fourth-order valence-corrected chi connectivity index (χ4v) is 2.16. The number of aromatic nitrogens is 1. The molecule has 5 heteroatoms. The number of amides is 1. The van der Waals surface area contributed by atoms with Crippen LogP contribution >= 0.6 is 0 Å². The van der Waals surface area contributed by atoms with E-state index in [9.17, 15) is 4.79 Å². The molecule has 0 saturated carbocycles. The van der Waals surface area contributed by atoms with Crippen LogP contribution in [0.3, 0.4) is 0 Å². The van der Waals surface area contributed by atoms with Crippen LogP contribution in [0.15, 0.2) is 36.5 Å². The topological polar surface area (TPSA) is 63.2 Å². The molecular formula is C18H23N3O2. The molecule has 0 aliphatic carbocycles. The number of carbonyl (C=O) groups excluding carboxylic acids is 1. The van der Waals surface area contributed by atoms with E-state index in [1.807, 2.05) is 26.8 Å². The summed E-state index contributed by atoms with van der Waals surface area (Å²) < 4.78 is 5.19. The van der Waals surface area contributed by atoms with Crippen LogP contribution in [-0.2, 0) is 4.74 Å². The van der Waals surface area contributed by atoms with Gasteiger partial charge in [0.25, 0.3) is 0 Å². The first-order chi connectivity index (χ1) is 10.7. The Bertz CT molecular complexity index is 668. The highest BCUT2D eigenvalue weighted by Crippen LogP contribution is 2.20. The standard InChI is InChI=1S/C18H23N3O2/c1-12-8-13(2)10-15(9-12)20-14-6-7-16(19-11-14)21-17(22)23-18(3,4)5/h6-11,20H,1-5H3,(H,19,21,22). The van der Waals surface area contributed by atoms with Gasteiger partial charge in [0.1, 0.15) is 11.4 Å². The van der Waals surface area contributed by atoms with Crippen molar-refractivity contribution in [2.45, 2.75) is 40.2 Å². The van der Waals surface area contributed by atoms with Crippen molar-refractivity contribution in [3.63, 3.8) is 0 Å². The van der Waals surface area contributed by atoms with Crippen LogP contribution in [-0.4, -0.2) is 16.7 Å². The zero-order valence-corrected chi connectivity index (χ0v) is 14.2. The molecule has 0 atom stereocenters. The molecule has 0 radical (unpaired) electrons. The zero-order valence-electron chi connectivity index (χ0n) is 14.2. The molecule has 1 heterocycles. The van der Waals surface area contributed by atoms with Crippen LogP contribution in [0.5, 0.6) is 0 Å². The number of nitrogens with zero attached hydrogens (tertiary/aromatic N) is 1. The Balaban J connectivity index is 2.00. The number of aryl methyl sites for hydroxylation is 2. The maximum atomic E-state index is 11.7. The average Bonchev–Trinajstić information content (AvgIpc) is 2.37. The van der Waals surface area contributed by atoms with Crippen molar-refractivity contribution >= 4 is 23.3 Å². The summed E-state index contributed by atoms with van der Waals surface area (Å²) in [5.74, 6) is 0.449. The summed E-state index contributed by atoms with van der Waals surface area (Å²) in [4.78, 5) is 15.9. The van der Waals surface area contributed by atoms with Gasteiger partial charge in [0.2, 0.25) is 0 Å². The largest absolute Gasteiger partial charge is 0.444 e. The Hall–Kier alpha value is -2.56. The number of hydrogen-bond acceptors (Lipinski definition) is 4. The molecule has 2 rings (SSSR count). The van der Waals surface area contributed by atoms with E-state index in [0.29, 0.717) is 5.82 Å². The van der Waals surface area contributed by atoms with Gasteiger partial charge in [0.15, 0.2) is 0 Å². The van der Waals surface area contributed by atoms with Crippen LogP contribution in [0.1, 0.15) is 31.9 Å². The van der Waals surface area contributed by atoms with E-state index in [-0.39, 0.29) is 0 Å². The zero-order chi connectivity index (χ0) is 17.0. The molecule has 1 aromatic carbocycles. The monoisotopic (exact) mass is 313 g/mol. The van der Waals surface area contributed by atoms with Crippen molar-refractivity contribution in [2.24, 2.45) is 0 Å². The molecule has 2 aromatic rings. The average molecular weight is 313 g/mol. The minimum atomic E-state index is -0.533. The van der Waals surface area contributed by atoms with Gasteiger partial charge >= 0.3 is 6.09 Å². The predicted octanol–water partition coefficient (Wildman–Crippen LogP) is 4.79. The lowest BCUT2D eigenvalue weighted by atomic mass is 10.1. The van der Waals surface area contributed by atoms with Crippen LogP contribution in [0, 0.1) is 13.8 Å². The normalized spacial score (nSPS) is 11.0. The second-order valence-corrected chi connectivity index (χ2v) is 6.56. The second kappa shape index (κ2) is 6.69. The number of ether oxygens (including phenoxy) is 1. The minimum absolute atomic E-state index is 0.449. The molecule has 1 amide bonds. The second-order valence-electron chi connectivity index (χ2n) is 6.56. The molecule has 0 aliphatic heterocycles. The van der Waals surface area contributed by atoms with Gasteiger partial charge in [-0.2, -0.15) is 0 Å². The molecule has 0 aliphatic rings. The van der Waals surface area contributed by atoms with E-state index in [1.165, 1.54) is 11.1 Å². The molecule has 23 heavy (non-hydrogen) atoms. The summed E-state index contributed by atoms with van der Waals surface area (Å²) in [5.41, 5.74) is 3.73. The Morgan fingerprint density at radius 2 is 1.70 bits per heavy atom. The molecule has 2 N–H and O–H groups in total. The lowest BCUT2D eigenvalue weighted by Gasteiger charge is -2.19. The predicted molar refractivity (Wildman–Crippen MR) is 93.3 cm³/mol. The highest BCUT2D eigenvalue weighted by molar-refractivity contribution is 5.83. The Kier molecular flexibility index (Phi) is 4.89. The van der Waals surface area contributed by atoms with Gasteiger partial charge in [-0.3, -0.25) is 5.32 Å². The molecule has 0 unspecified atom stereocenters. The first-order valence-electron chi connectivity index (χ1n) is 7.53. The quantitative estimate of drug-likeness (QED) is 0.855. The van der Waals surface area contributed by atoms with Gasteiger partial charge in [-0.15, -0.1) is 0 Å². The summed E-state index contributed by atoms with van der Waals surface area (Å²) >= 11 is 0. The lowest BCUT2D eigenvalue weighted by Crippen LogP contribution is -2.27. The van der Waals surface area contributed by atoms with Gasteiger partial charge in [-0.1, -0.05) is 6.07 Å². The first kappa shape index (κ1) is 16.8. The van der Waals surface area contributed by atoms with Crippen molar-refractivity contribution in [1.29, 1.82) is 0 Å². The van der Waals surface area contributed by atoms with Gasteiger partial charge in [-0.05, 0) is 70.0 Å². The third kappa shape index (κ3) is 5.62. The lowest BCUT2D eigenvalue weighted by molar-refractivity contribution is 0.0635. The molecule has 0 fully saturated rings. The van der Waals surface area contributed by atoms with Crippen molar-refractivity contribution < 1.29 is 9.53 Å². The third-order valence-electron chi connectivity index (χ3n) is 2.90. The maximum Gasteiger partial charge on any atom is 0.413 e. The Labute approximate surface area is 137 Å². The highest BCUT2D eigenvalue weighted by Gasteiger charge is 2.16. The van der Waals surface area contributed by atoms with Crippen molar-refractivity contribution in [3.8, 4) is 0 Å². The van der Waals surface area contributed by atoms with Crippen LogP contribution < -0.4 is 10.6 Å². The van der Waals surface area contributed by atoms with E-state index in [0.717, 1.165) is 11.4 Å². The number of nitrogens with one attached hydrogen (secondary N) is 2. The smallest absolute Gasteiger partial charge is 0.413 e. The minimum Gasteiger partial charge on any atom is -0.444 e. The first-order valence-corrected chi connectivity index (χ1v) is 7.53. The van der Waals surface area contributed by atoms with E-state index >= 15 is 0 Å². The van der Waals surface area contributed by atoms with Crippen molar-refractivity contribution in [2.75, 3.05) is 10.6 Å². The molecule has 0 saturated heterocycles. The van der Waals surface area contributed by atoms with Gasteiger partial charge < -0.3 is 10.1 Å². The molecule has 122 valence electrons. The summed E-state index contributed by atoms with van der Waals surface area (Å²) in [6.45, 7) is 9.57. The SMILES string of the molecule is Cc1cc(C)cc(Nc2ccc(NC(=O)OC(C)(C)C)nc2)c1. The number of carbonyl (C=O) groups is 1. The summed E-state index contributed by atoms with van der Waals surface area (Å²) in [6, 6.07) is 9.85. The molecule has 1 aromatic heterocycles. The van der Waals surface area contributed by atoms with E-state index in [4.69, 9.17) is 4.74 Å². The van der Waals surface area contributed by atoms with Crippen LogP contribution in [0.4, 0.5) is 22.0 Å². The molecule has 5 nitrogen and oxygen atoms in total. The molecule has 0 spiro atoms. The highest BCUT2D eigenvalue weighted by atomic mass is 16.6. The summed E-state index contributed by atoms with van der Waals surface area (Å²) in [6.07, 6.45) is 1.16. The van der Waals surface area contributed by atoms with E-state index < -0.39 is 11.7 Å². The number of anilines is 3. The summed E-state index contributed by atoms with van der Waals surface area (Å²) in [5, 5.41) is 5.91. The van der Waals surface area contributed by atoms with Gasteiger partial charge in [0.05, 0.1) is 11.9 Å². The van der Waals surface area contributed by atoms with Gasteiger partial charge in [0, 0.05) is 5.69 Å². The van der Waals surface area contributed by atoms with E-state index in [2.05, 4.69) is 47.7 Å². The van der Waals surface area contributed by atoms with Gasteiger partial charge in [-0.25, -0.2) is 9.78 Å². The van der Waals surface area contributed by atoms with Crippen molar-refractivity contribution in [3.05, 3.63) is 47.7 Å². The Morgan fingerprint density at radius 3 is 2.22 bits per heavy atom. The number of benzene rings is 1.